The number of ether oxygens (including phenoxy) is 1. The molecule has 3 aromatic rings. The van der Waals surface area contributed by atoms with Crippen molar-refractivity contribution in [2.45, 2.75) is 62.8 Å². The number of fused-ring (bicyclic) bond motifs is 1. The van der Waals surface area contributed by atoms with E-state index in [1.165, 1.54) is 0 Å². The highest BCUT2D eigenvalue weighted by molar-refractivity contribution is 7.89. The van der Waals surface area contributed by atoms with E-state index in [2.05, 4.69) is 29.2 Å². The topological polar surface area (TPSA) is 96.5 Å². The van der Waals surface area contributed by atoms with E-state index in [4.69, 9.17) is 4.74 Å². The lowest BCUT2D eigenvalue weighted by atomic mass is 9.97. The normalized spacial score (nSPS) is 16.6. The molecule has 42 heavy (non-hydrogen) atoms. The number of alkyl halides is 3. The monoisotopic (exact) mass is 603 g/mol. The number of amides is 1. The highest BCUT2D eigenvalue weighted by Crippen LogP contribution is 2.34. The zero-order chi connectivity index (χ0) is 30.3. The van der Waals surface area contributed by atoms with Crippen LogP contribution in [0.4, 0.5) is 13.2 Å². The minimum Gasteiger partial charge on any atom is -0.493 e. The summed E-state index contributed by atoms with van der Waals surface area (Å²) in [5.41, 5.74) is 1.33. The van der Waals surface area contributed by atoms with E-state index in [9.17, 15) is 26.4 Å². The maximum absolute atomic E-state index is 13.3. The first kappa shape index (κ1) is 31.5. The first-order valence-electron chi connectivity index (χ1n) is 14.0. The lowest BCUT2D eigenvalue weighted by Crippen LogP contribution is -2.36. The van der Waals surface area contributed by atoms with Crippen LogP contribution in [0, 0.1) is 5.92 Å². The Bertz CT molecular complexity index is 1470. The standard InChI is InChI=1S/C31H36F3N3O4S/c1-3-21(2)19-35-20-22-12-13-26-27(14-15-41-29(26)16-22)36-30(38)18-28(23-8-5-4-6-9-23)37-42(39,40)25-11-7-10-24(17-25)31(32,33)34/h4-13,16-17,21,27-28,35,37H,3,14-15,18-20H2,1-2H3,(H,36,38)/t21?,27-,28-/m1/s1. The first-order valence-corrected chi connectivity index (χ1v) is 15.4. The van der Waals surface area contributed by atoms with E-state index in [1.54, 1.807) is 30.3 Å². The third kappa shape index (κ3) is 8.33. The third-order valence-electron chi connectivity index (χ3n) is 7.33. The zero-order valence-electron chi connectivity index (χ0n) is 23.6. The van der Waals surface area contributed by atoms with E-state index < -0.39 is 38.6 Å². The maximum Gasteiger partial charge on any atom is 0.416 e. The van der Waals surface area contributed by atoms with Crippen LogP contribution in [0.1, 0.15) is 67.4 Å². The maximum atomic E-state index is 13.3. The zero-order valence-corrected chi connectivity index (χ0v) is 24.4. The molecule has 1 unspecified atom stereocenters. The molecule has 1 aliphatic rings. The number of benzene rings is 3. The molecule has 3 atom stereocenters. The van der Waals surface area contributed by atoms with Crippen LogP contribution in [0.2, 0.25) is 0 Å². The van der Waals surface area contributed by atoms with E-state index >= 15 is 0 Å². The van der Waals surface area contributed by atoms with Crippen LogP contribution in [-0.2, 0) is 27.5 Å². The van der Waals surface area contributed by atoms with Crippen molar-refractivity contribution in [1.82, 2.24) is 15.4 Å². The molecule has 3 N–H and O–H groups in total. The predicted octanol–water partition coefficient (Wildman–Crippen LogP) is 5.89. The van der Waals surface area contributed by atoms with Gasteiger partial charge >= 0.3 is 6.18 Å². The number of hydrogen-bond acceptors (Lipinski definition) is 5. The molecule has 1 heterocycles. The smallest absolute Gasteiger partial charge is 0.416 e. The molecule has 0 fully saturated rings. The second kappa shape index (κ2) is 13.7. The summed E-state index contributed by atoms with van der Waals surface area (Å²) in [5, 5.41) is 6.44. The van der Waals surface area contributed by atoms with Crippen LogP contribution < -0.4 is 20.1 Å². The summed E-state index contributed by atoms with van der Waals surface area (Å²) in [6, 6.07) is 16.5. The Balaban J connectivity index is 1.48. The first-order chi connectivity index (χ1) is 20.0. The van der Waals surface area contributed by atoms with Crippen molar-refractivity contribution in [2.24, 2.45) is 5.92 Å². The minimum atomic E-state index is -4.70. The Labute approximate surface area is 244 Å². The molecule has 0 aliphatic carbocycles. The van der Waals surface area contributed by atoms with Crippen molar-refractivity contribution < 1.29 is 31.1 Å². The molecule has 0 spiro atoms. The van der Waals surface area contributed by atoms with Gasteiger partial charge in [-0.1, -0.05) is 68.8 Å². The quantitative estimate of drug-likeness (QED) is 0.240. The van der Waals surface area contributed by atoms with Crippen molar-refractivity contribution in [3.05, 3.63) is 95.1 Å². The van der Waals surface area contributed by atoms with Crippen LogP contribution in [0.25, 0.3) is 0 Å². The SMILES string of the molecule is CCC(C)CNCc1ccc2c(c1)OCC[C@H]2NC(=O)C[C@@H](NS(=O)(=O)c1cccc(C(F)(F)F)c1)c1ccccc1. The summed E-state index contributed by atoms with van der Waals surface area (Å²) in [6.45, 7) is 6.36. The van der Waals surface area contributed by atoms with Gasteiger partial charge in [-0.2, -0.15) is 13.2 Å². The van der Waals surface area contributed by atoms with Gasteiger partial charge in [0.05, 0.1) is 29.1 Å². The number of hydrogen-bond donors (Lipinski definition) is 3. The van der Waals surface area contributed by atoms with Crippen LogP contribution in [0.3, 0.4) is 0 Å². The fourth-order valence-electron chi connectivity index (χ4n) is 4.75. The van der Waals surface area contributed by atoms with Crippen LogP contribution in [0.15, 0.2) is 77.7 Å². The van der Waals surface area contributed by atoms with Crippen molar-refractivity contribution in [2.75, 3.05) is 13.2 Å². The van der Waals surface area contributed by atoms with Crippen LogP contribution >= 0.6 is 0 Å². The predicted molar refractivity (Wildman–Crippen MR) is 154 cm³/mol. The molecule has 0 saturated carbocycles. The number of halogens is 3. The number of nitrogens with one attached hydrogen (secondary N) is 3. The van der Waals surface area contributed by atoms with Crippen LogP contribution in [-0.4, -0.2) is 27.5 Å². The molecule has 4 rings (SSSR count). The number of rotatable bonds is 12. The molecule has 11 heteroatoms. The van der Waals surface area contributed by atoms with Gasteiger partial charge in [-0.05, 0) is 47.9 Å². The Morgan fingerprint density at radius 1 is 1.05 bits per heavy atom. The van der Waals surface area contributed by atoms with Gasteiger partial charge in [-0.3, -0.25) is 4.79 Å². The second-order valence-corrected chi connectivity index (χ2v) is 12.3. The third-order valence-corrected chi connectivity index (χ3v) is 8.80. The van der Waals surface area contributed by atoms with Gasteiger partial charge in [0.1, 0.15) is 5.75 Å². The van der Waals surface area contributed by atoms with E-state index in [-0.39, 0.29) is 12.5 Å². The average Bonchev–Trinajstić information content (AvgIpc) is 2.96. The Morgan fingerprint density at radius 3 is 2.52 bits per heavy atom. The lowest BCUT2D eigenvalue weighted by molar-refractivity contribution is -0.137. The fraction of sp³-hybridized carbons (Fsp3) is 0.387. The van der Waals surface area contributed by atoms with E-state index in [1.807, 2.05) is 18.2 Å². The molecule has 0 aromatic heterocycles. The summed E-state index contributed by atoms with van der Waals surface area (Å²) in [7, 11) is -4.39. The number of carbonyl (C=O) groups is 1. The van der Waals surface area contributed by atoms with Gasteiger partial charge in [-0.25, -0.2) is 13.1 Å². The molecule has 0 saturated heterocycles. The molecule has 7 nitrogen and oxygen atoms in total. The van der Waals surface area contributed by atoms with Gasteiger partial charge in [0, 0.05) is 24.9 Å². The largest absolute Gasteiger partial charge is 0.493 e. The van der Waals surface area contributed by atoms with Gasteiger partial charge in [0.15, 0.2) is 0 Å². The van der Waals surface area contributed by atoms with Gasteiger partial charge in [-0.15, -0.1) is 0 Å². The molecule has 0 radical (unpaired) electrons. The number of carbonyl (C=O) groups excluding carboxylic acids is 1. The average molecular weight is 604 g/mol. The Morgan fingerprint density at radius 2 is 1.81 bits per heavy atom. The summed E-state index contributed by atoms with van der Waals surface area (Å²) >= 11 is 0. The number of sulfonamides is 1. The molecule has 1 amide bonds. The van der Waals surface area contributed by atoms with Crippen molar-refractivity contribution >= 4 is 15.9 Å². The van der Waals surface area contributed by atoms with Crippen LogP contribution in [0.5, 0.6) is 5.75 Å². The van der Waals surface area contributed by atoms with Crippen molar-refractivity contribution in [1.29, 1.82) is 0 Å². The Hall–Kier alpha value is -3.41. The van der Waals surface area contributed by atoms with E-state index in [0.29, 0.717) is 42.9 Å². The second-order valence-electron chi connectivity index (χ2n) is 10.6. The fourth-order valence-corrected chi connectivity index (χ4v) is 6.02. The van der Waals surface area contributed by atoms with Crippen molar-refractivity contribution in [3.8, 4) is 5.75 Å². The molecule has 0 bridgehead atoms. The van der Waals surface area contributed by atoms with Gasteiger partial charge < -0.3 is 15.4 Å². The summed E-state index contributed by atoms with van der Waals surface area (Å²) in [6.07, 6.45) is -3.32. The molecule has 226 valence electrons. The minimum absolute atomic E-state index is 0.257. The highest BCUT2D eigenvalue weighted by atomic mass is 32.2. The summed E-state index contributed by atoms with van der Waals surface area (Å²) in [4.78, 5) is 12.7. The Kier molecular flexibility index (Phi) is 10.3. The van der Waals surface area contributed by atoms with E-state index in [0.717, 1.165) is 42.3 Å². The summed E-state index contributed by atoms with van der Waals surface area (Å²) in [5.74, 6) is 0.861. The molecular formula is C31H36F3N3O4S. The van der Waals surface area contributed by atoms with Gasteiger partial charge in [0.25, 0.3) is 0 Å². The highest BCUT2D eigenvalue weighted by Gasteiger charge is 2.33. The molecular weight excluding hydrogens is 567 g/mol. The molecule has 1 aliphatic heterocycles. The van der Waals surface area contributed by atoms with Crippen molar-refractivity contribution in [3.63, 3.8) is 0 Å². The lowest BCUT2D eigenvalue weighted by Gasteiger charge is -2.28. The summed E-state index contributed by atoms with van der Waals surface area (Å²) < 4.78 is 74.3. The molecule has 3 aromatic carbocycles. The van der Waals surface area contributed by atoms with Gasteiger partial charge in [0.2, 0.25) is 15.9 Å².